The Bertz CT molecular complexity index is 829. The molecule has 1 unspecified atom stereocenters. The Hall–Kier alpha value is -2.03. The molecule has 2 aromatic rings. The summed E-state index contributed by atoms with van der Waals surface area (Å²) in [6.07, 6.45) is -0.463. The summed E-state index contributed by atoms with van der Waals surface area (Å²) in [7, 11) is -2.01. The lowest BCUT2D eigenvalue weighted by Crippen LogP contribution is -2.42. The van der Waals surface area contributed by atoms with Crippen molar-refractivity contribution in [2.24, 2.45) is 0 Å². The van der Waals surface area contributed by atoms with Crippen molar-refractivity contribution in [3.05, 3.63) is 54.0 Å². The maximum absolute atomic E-state index is 13.4. The summed E-state index contributed by atoms with van der Waals surface area (Å²) >= 11 is 0. The van der Waals surface area contributed by atoms with Gasteiger partial charge in [-0.05, 0) is 30.3 Å². The largest absolute Gasteiger partial charge is 0.373 e. The minimum absolute atomic E-state index is 0.0555. The van der Waals surface area contributed by atoms with Crippen LogP contribution in [0.2, 0.25) is 0 Å². The van der Waals surface area contributed by atoms with Gasteiger partial charge in [0.1, 0.15) is 17.7 Å². The molecule has 1 aliphatic heterocycles. The molecule has 0 aliphatic carbocycles. The Morgan fingerprint density at radius 2 is 2.08 bits per heavy atom. The fraction of sp³-hybridized carbons (Fsp3) is 0.312. The molecule has 0 radical (unpaired) electrons. The fourth-order valence-corrected chi connectivity index (χ4v) is 4.03. The number of nitrogens with zero attached hydrogens (tertiary/aromatic N) is 2. The Labute approximate surface area is 140 Å². The van der Waals surface area contributed by atoms with E-state index in [4.69, 9.17) is 4.74 Å². The number of nitrogens with one attached hydrogen (secondary N) is 1. The number of pyridine rings is 1. The van der Waals surface area contributed by atoms with E-state index in [1.165, 1.54) is 22.5 Å². The average molecular weight is 351 g/mol. The van der Waals surface area contributed by atoms with Crippen molar-refractivity contribution in [3.63, 3.8) is 0 Å². The number of sulfonamides is 1. The number of morpholine rings is 1. The summed E-state index contributed by atoms with van der Waals surface area (Å²) in [4.78, 5) is 4.35. The van der Waals surface area contributed by atoms with Gasteiger partial charge in [-0.1, -0.05) is 12.1 Å². The van der Waals surface area contributed by atoms with E-state index in [9.17, 15) is 12.8 Å². The van der Waals surface area contributed by atoms with E-state index >= 15 is 0 Å². The van der Waals surface area contributed by atoms with Crippen LogP contribution in [0.25, 0.3) is 0 Å². The van der Waals surface area contributed by atoms with E-state index in [1.807, 2.05) is 12.1 Å². The first-order valence-electron chi connectivity index (χ1n) is 7.53. The maximum atomic E-state index is 13.4. The summed E-state index contributed by atoms with van der Waals surface area (Å²) in [5.74, 6) is 0.102. The standard InChI is InChI=1S/C16H18FN3O3S/c1-18-16-7-3-6-14(19-16)15-11-20(8-9-23-15)24(21,22)13-5-2-4-12(17)10-13/h2-7,10,15H,8-9,11H2,1H3,(H,18,19). The molecule has 1 fully saturated rings. The van der Waals surface area contributed by atoms with Crippen molar-refractivity contribution in [1.29, 1.82) is 0 Å². The normalized spacial score (nSPS) is 19.2. The Kier molecular flexibility index (Phi) is 4.79. The summed E-state index contributed by atoms with van der Waals surface area (Å²) in [6, 6.07) is 10.5. The van der Waals surface area contributed by atoms with Gasteiger partial charge >= 0.3 is 0 Å². The smallest absolute Gasteiger partial charge is 0.243 e. The second kappa shape index (κ2) is 6.84. The minimum atomic E-state index is -3.77. The monoisotopic (exact) mass is 351 g/mol. The Morgan fingerprint density at radius 3 is 2.83 bits per heavy atom. The van der Waals surface area contributed by atoms with Crippen molar-refractivity contribution < 1.29 is 17.5 Å². The second-order valence-corrected chi connectivity index (χ2v) is 7.32. The summed E-state index contributed by atoms with van der Waals surface area (Å²) < 4.78 is 45.8. The minimum Gasteiger partial charge on any atom is -0.373 e. The molecule has 8 heteroatoms. The Balaban J connectivity index is 1.85. The number of hydrogen-bond acceptors (Lipinski definition) is 5. The molecular formula is C16H18FN3O3S. The van der Waals surface area contributed by atoms with E-state index in [0.717, 1.165) is 6.07 Å². The van der Waals surface area contributed by atoms with Crippen molar-refractivity contribution >= 4 is 15.8 Å². The van der Waals surface area contributed by atoms with Crippen LogP contribution in [0.15, 0.2) is 47.4 Å². The number of ether oxygens (including phenoxy) is 1. The molecule has 128 valence electrons. The number of rotatable bonds is 4. The molecule has 1 aromatic carbocycles. The summed E-state index contributed by atoms with van der Waals surface area (Å²) in [6.45, 7) is 0.616. The molecule has 0 saturated carbocycles. The summed E-state index contributed by atoms with van der Waals surface area (Å²) in [5.41, 5.74) is 0.654. The van der Waals surface area contributed by atoms with Gasteiger partial charge < -0.3 is 10.1 Å². The zero-order valence-corrected chi connectivity index (χ0v) is 14.0. The highest BCUT2D eigenvalue weighted by Crippen LogP contribution is 2.26. The van der Waals surface area contributed by atoms with Gasteiger partial charge in [0.05, 0.1) is 17.2 Å². The fourth-order valence-electron chi connectivity index (χ4n) is 2.57. The predicted octanol–water partition coefficient (Wildman–Crippen LogP) is 2.02. The molecule has 1 N–H and O–H groups in total. The van der Waals surface area contributed by atoms with Crippen LogP contribution in [0.1, 0.15) is 11.8 Å². The van der Waals surface area contributed by atoms with Crippen LogP contribution in [0.3, 0.4) is 0 Å². The lowest BCUT2D eigenvalue weighted by Gasteiger charge is -2.32. The maximum Gasteiger partial charge on any atom is 0.243 e. The topological polar surface area (TPSA) is 71.5 Å². The first-order valence-corrected chi connectivity index (χ1v) is 8.97. The van der Waals surface area contributed by atoms with Crippen LogP contribution >= 0.6 is 0 Å². The van der Waals surface area contributed by atoms with Crippen molar-refractivity contribution in [1.82, 2.24) is 9.29 Å². The van der Waals surface area contributed by atoms with Crippen LogP contribution in [0.5, 0.6) is 0 Å². The third-order valence-corrected chi connectivity index (χ3v) is 5.68. The van der Waals surface area contributed by atoms with Crippen LogP contribution in [0, 0.1) is 5.82 Å². The van der Waals surface area contributed by atoms with Gasteiger partial charge in [0.25, 0.3) is 0 Å². The van der Waals surface area contributed by atoms with Gasteiger partial charge in [-0.2, -0.15) is 4.31 Å². The van der Waals surface area contributed by atoms with Gasteiger partial charge in [0.2, 0.25) is 10.0 Å². The highest BCUT2D eigenvalue weighted by Gasteiger charge is 2.32. The first-order chi connectivity index (χ1) is 11.5. The molecule has 24 heavy (non-hydrogen) atoms. The molecular weight excluding hydrogens is 333 g/mol. The molecule has 1 aromatic heterocycles. The molecule has 3 rings (SSSR count). The molecule has 1 saturated heterocycles. The van der Waals surface area contributed by atoms with E-state index in [1.54, 1.807) is 13.1 Å². The van der Waals surface area contributed by atoms with E-state index < -0.39 is 21.9 Å². The summed E-state index contributed by atoms with van der Waals surface area (Å²) in [5, 5.41) is 2.94. The zero-order valence-electron chi connectivity index (χ0n) is 13.1. The van der Waals surface area contributed by atoms with Crippen molar-refractivity contribution in [2.75, 3.05) is 32.1 Å². The van der Waals surface area contributed by atoms with Crippen LogP contribution < -0.4 is 5.32 Å². The van der Waals surface area contributed by atoms with E-state index in [2.05, 4.69) is 10.3 Å². The number of hydrogen-bond donors (Lipinski definition) is 1. The number of anilines is 1. The van der Waals surface area contributed by atoms with Gasteiger partial charge in [0.15, 0.2) is 0 Å². The lowest BCUT2D eigenvalue weighted by atomic mass is 10.2. The molecule has 6 nitrogen and oxygen atoms in total. The van der Waals surface area contributed by atoms with Gasteiger partial charge in [0, 0.05) is 20.1 Å². The Morgan fingerprint density at radius 1 is 1.29 bits per heavy atom. The quantitative estimate of drug-likeness (QED) is 0.913. The SMILES string of the molecule is CNc1cccc(C2CN(S(=O)(=O)c3cccc(F)c3)CCO2)n1. The molecule has 1 aliphatic rings. The number of benzene rings is 1. The third kappa shape index (κ3) is 3.40. The van der Waals surface area contributed by atoms with Crippen molar-refractivity contribution in [2.45, 2.75) is 11.0 Å². The highest BCUT2D eigenvalue weighted by atomic mass is 32.2. The van der Waals surface area contributed by atoms with Gasteiger partial charge in [-0.3, -0.25) is 0 Å². The van der Waals surface area contributed by atoms with Crippen LogP contribution in [0.4, 0.5) is 10.2 Å². The number of aromatic nitrogens is 1. The van der Waals surface area contributed by atoms with Crippen LogP contribution in [-0.4, -0.2) is 44.5 Å². The van der Waals surface area contributed by atoms with Crippen molar-refractivity contribution in [3.8, 4) is 0 Å². The van der Waals surface area contributed by atoms with E-state index in [0.29, 0.717) is 11.5 Å². The molecule has 0 amide bonds. The molecule has 0 spiro atoms. The first kappa shape index (κ1) is 16.8. The third-order valence-electron chi connectivity index (χ3n) is 3.82. The van der Waals surface area contributed by atoms with Crippen LogP contribution in [-0.2, 0) is 14.8 Å². The van der Waals surface area contributed by atoms with Gasteiger partial charge in [-0.25, -0.2) is 17.8 Å². The lowest BCUT2D eigenvalue weighted by molar-refractivity contribution is -0.00486. The predicted molar refractivity (Wildman–Crippen MR) is 87.6 cm³/mol. The molecule has 2 heterocycles. The average Bonchev–Trinajstić information content (AvgIpc) is 2.62. The van der Waals surface area contributed by atoms with E-state index in [-0.39, 0.29) is 24.6 Å². The second-order valence-electron chi connectivity index (χ2n) is 5.38. The highest BCUT2D eigenvalue weighted by molar-refractivity contribution is 7.89. The van der Waals surface area contributed by atoms with Gasteiger partial charge in [-0.15, -0.1) is 0 Å². The number of halogens is 1. The zero-order chi connectivity index (χ0) is 17.2. The molecule has 0 bridgehead atoms. The molecule has 1 atom stereocenters.